The summed E-state index contributed by atoms with van der Waals surface area (Å²) in [6.07, 6.45) is -0.0369. The normalized spacial score (nSPS) is 10.8. The van der Waals surface area contributed by atoms with E-state index in [1.54, 1.807) is 12.1 Å². The van der Waals surface area contributed by atoms with Gasteiger partial charge in [0.15, 0.2) is 5.03 Å². The number of hydroxylamine groups is 1. The molecule has 1 N–H and O–H groups in total. The van der Waals surface area contributed by atoms with Crippen molar-refractivity contribution < 1.29 is 23.2 Å². The van der Waals surface area contributed by atoms with E-state index in [1.165, 1.54) is 43.5 Å². The van der Waals surface area contributed by atoms with Gasteiger partial charge in [-0.1, -0.05) is 18.7 Å². The Labute approximate surface area is 133 Å². The molecule has 0 bridgehead atoms. The lowest BCUT2D eigenvalue weighted by molar-refractivity contribution is 0.138. The highest BCUT2D eigenvalue weighted by Crippen LogP contribution is 2.24. The number of carbonyl (C=O) groups is 1. The van der Waals surface area contributed by atoms with Gasteiger partial charge < -0.3 is 9.94 Å². The maximum absolute atomic E-state index is 12.5. The van der Waals surface area contributed by atoms with Crippen LogP contribution in [0.1, 0.15) is 6.92 Å². The minimum atomic E-state index is -3.86. The Kier molecular flexibility index (Phi) is 4.65. The van der Waals surface area contributed by atoms with Crippen molar-refractivity contribution in [1.29, 1.82) is 0 Å². The number of carboxylic acid groups (broad SMARTS) is 1. The maximum atomic E-state index is 12.5. The number of hydrogen-bond donors (Lipinski definition) is 1. The highest BCUT2D eigenvalue weighted by Gasteiger charge is 2.22. The van der Waals surface area contributed by atoms with E-state index in [0.29, 0.717) is 5.06 Å². The summed E-state index contributed by atoms with van der Waals surface area (Å²) in [7, 11) is -3.86. The van der Waals surface area contributed by atoms with E-state index in [0.717, 1.165) is 0 Å². The molecule has 1 heterocycles. The molecule has 0 aliphatic carbocycles. The summed E-state index contributed by atoms with van der Waals surface area (Å²) in [4.78, 5) is 20.0. The van der Waals surface area contributed by atoms with Crippen molar-refractivity contribution in [3.8, 4) is 0 Å². The molecule has 0 atom stereocenters. The fourth-order valence-corrected chi connectivity index (χ4v) is 2.99. The van der Waals surface area contributed by atoms with Crippen LogP contribution in [0.25, 0.3) is 0 Å². The highest BCUT2D eigenvalue weighted by molar-refractivity contribution is 7.91. The predicted molar refractivity (Wildman–Crippen MR) is 82.5 cm³/mol. The summed E-state index contributed by atoms with van der Waals surface area (Å²) in [6.45, 7) is 4.94. The second-order valence-corrected chi connectivity index (χ2v) is 6.44. The molecular weight excluding hydrogens is 320 g/mol. The molecular formula is C15H14N2O5S. The topological polar surface area (TPSA) is 96.8 Å². The minimum Gasteiger partial charge on any atom is -0.463 e. The van der Waals surface area contributed by atoms with Crippen LogP contribution in [-0.2, 0) is 14.7 Å². The quantitative estimate of drug-likeness (QED) is 0.667. The zero-order valence-corrected chi connectivity index (χ0v) is 13.0. The van der Waals surface area contributed by atoms with Gasteiger partial charge in [-0.25, -0.2) is 18.2 Å². The molecule has 7 nitrogen and oxygen atoms in total. The monoisotopic (exact) mass is 334 g/mol. The van der Waals surface area contributed by atoms with Crippen molar-refractivity contribution >= 4 is 21.6 Å². The molecule has 0 aliphatic rings. The van der Waals surface area contributed by atoms with Gasteiger partial charge in [-0.2, -0.15) is 0 Å². The molecule has 1 aromatic heterocycles. The molecule has 0 unspecified atom stereocenters. The van der Waals surface area contributed by atoms with Crippen LogP contribution in [0.2, 0.25) is 0 Å². The number of pyridine rings is 1. The Hall–Kier alpha value is -2.87. The first kappa shape index (κ1) is 16.5. The molecule has 0 fully saturated rings. The molecule has 2 aromatic rings. The summed E-state index contributed by atoms with van der Waals surface area (Å²) < 4.78 is 25.0. The third-order valence-corrected chi connectivity index (χ3v) is 4.36. The van der Waals surface area contributed by atoms with Gasteiger partial charge in [-0.3, -0.25) is 0 Å². The first-order chi connectivity index (χ1) is 10.8. The Bertz CT molecular complexity index is 834. The Balaban J connectivity index is 2.47. The molecule has 0 radical (unpaired) electrons. The van der Waals surface area contributed by atoms with Crippen LogP contribution in [-0.4, -0.2) is 24.6 Å². The summed E-state index contributed by atoms with van der Waals surface area (Å²) in [5, 5.41) is 9.60. The fraction of sp³-hybridized carbons (Fsp3) is 0.0667. The molecule has 120 valence electrons. The van der Waals surface area contributed by atoms with E-state index in [4.69, 9.17) is 4.84 Å². The number of hydrogen-bond acceptors (Lipinski definition) is 5. The summed E-state index contributed by atoms with van der Waals surface area (Å²) >= 11 is 0. The van der Waals surface area contributed by atoms with Crippen LogP contribution >= 0.6 is 0 Å². The number of benzene rings is 1. The van der Waals surface area contributed by atoms with Crippen LogP contribution in [0.15, 0.2) is 70.9 Å². The van der Waals surface area contributed by atoms with Gasteiger partial charge in [0.25, 0.3) is 0 Å². The Morgan fingerprint density at radius 1 is 1.26 bits per heavy atom. The van der Waals surface area contributed by atoms with E-state index < -0.39 is 15.9 Å². The van der Waals surface area contributed by atoms with Crippen molar-refractivity contribution in [3.05, 3.63) is 61.0 Å². The predicted octanol–water partition coefficient (Wildman–Crippen LogP) is 2.86. The lowest BCUT2D eigenvalue weighted by Gasteiger charge is -2.19. The number of allylic oxidation sites excluding steroid dienone is 1. The third kappa shape index (κ3) is 3.67. The van der Waals surface area contributed by atoms with Crippen molar-refractivity contribution in [1.82, 2.24) is 4.98 Å². The minimum absolute atomic E-state index is 0.0394. The SMILES string of the molecule is C=C(C)ON(C(=O)O)c1cccc(S(=O)(=O)c2ccccn2)c1. The van der Waals surface area contributed by atoms with Gasteiger partial charge in [-0.05, 0) is 37.3 Å². The lowest BCUT2D eigenvalue weighted by atomic mass is 10.3. The average Bonchev–Trinajstić information content (AvgIpc) is 2.53. The Morgan fingerprint density at radius 3 is 2.57 bits per heavy atom. The summed E-state index contributed by atoms with van der Waals surface area (Å²) in [5.41, 5.74) is 0.0394. The van der Waals surface area contributed by atoms with Gasteiger partial charge in [0.1, 0.15) is 5.76 Å². The average molecular weight is 334 g/mol. The molecule has 1 aromatic carbocycles. The maximum Gasteiger partial charge on any atom is 0.445 e. The molecule has 23 heavy (non-hydrogen) atoms. The zero-order chi connectivity index (χ0) is 17.0. The summed E-state index contributed by atoms with van der Waals surface area (Å²) in [6, 6.07) is 9.90. The summed E-state index contributed by atoms with van der Waals surface area (Å²) in [5.74, 6) is 0.144. The standard InChI is InChI=1S/C15H14N2O5S/c1-11(2)22-17(15(18)19)12-6-5-7-13(10-12)23(20,21)14-8-3-4-9-16-14/h3-10H,1H2,2H3,(H,18,19). The largest absolute Gasteiger partial charge is 0.463 e. The second kappa shape index (κ2) is 6.49. The fourth-order valence-electron chi connectivity index (χ4n) is 1.76. The zero-order valence-electron chi connectivity index (χ0n) is 12.2. The van der Waals surface area contributed by atoms with Gasteiger partial charge in [0, 0.05) is 6.20 Å². The molecule has 2 rings (SSSR count). The third-order valence-electron chi connectivity index (χ3n) is 2.70. The molecule has 0 saturated carbocycles. The number of amides is 1. The van der Waals surface area contributed by atoms with E-state index in [1.807, 2.05) is 0 Å². The van der Waals surface area contributed by atoms with E-state index in [-0.39, 0.29) is 21.4 Å². The highest BCUT2D eigenvalue weighted by atomic mass is 32.2. The van der Waals surface area contributed by atoms with E-state index >= 15 is 0 Å². The van der Waals surface area contributed by atoms with Gasteiger partial charge in [-0.15, -0.1) is 5.06 Å². The van der Waals surface area contributed by atoms with Gasteiger partial charge >= 0.3 is 6.09 Å². The molecule has 0 spiro atoms. The van der Waals surface area contributed by atoms with Crippen molar-refractivity contribution in [2.45, 2.75) is 16.8 Å². The first-order valence-corrected chi connectivity index (χ1v) is 7.93. The van der Waals surface area contributed by atoms with Crippen molar-refractivity contribution in [3.63, 3.8) is 0 Å². The number of aromatic nitrogens is 1. The molecule has 0 saturated heterocycles. The van der Waals surface area contributed by atoms with Crippen LogP contribution < -0.4 is 5.06 Å². The van der Waals surface area contributed by atoms with Crippen molar-refractivity contribution in [2.24, 2.45) is 0 Å². The van der Waals surface area contributed by atoms with Crippen LogP contribution in [0, 0.1) is 0 Å². The van der Waals surface area contributed by atoms with E-state index in [9.17, 15) is 18.3 Å². The van der Waals surface area contributed by atoms with Crippen LogP contribution in [0.5, 0.6) is 0 Å². The Morgan fingerprint density at radius 2 is 2.00 bits per heavy atom. The smallest absolute Gasteiger partial charge is 0.445 e. The van der Waals surface area contributed by atoms with Crippen LogP contribution in [0.4, 0.5) is 10.5 Å². The molecule has 1 amide bonds. The van der Waals surface area contributed by atoms with Gasteiger partial charge in [0.05, 0.1) is 10.6 Å². The number of anilines is 1. The number of rotatable bonds is 5. The molecule has 8 heteroatoms. The lowest BCUT2D eigenvalue weighted by Crippen LogP contribution is -2.28. The van der Waals surface area contributed by atoms with E-state index in [2.05, 4.69) is 11.6 Å². The van der Waals surface area contributed by atoms with Crippen molar-refractivity contribution in [2.75, 3.05) is 5.06 Å². The first-order valence-electron chi connectivity index (χ1n) is 6.45. The second-order valence-electron chi connectivity index (χ2n) is 4.54. The number of sulfone groups is 1. The van der Waals surface area contributed by atoms with Crippen LogP contribution in [0.3, 0.4) is 0 Å². The number of nitrogens with zero attached hydrogens (tertiary/aromatic N) is 2. The molecule has 0 aliphatic heterocycles. The van der Waals surface area contributed by atoms with Gasteiger partial charge in [0.2, 0.25) is 9.84 Å².